The van der Waals surface area contributed by atoms with E-state index >= 15 is 0 Å². The number of rotatable bonds is 5. The number of hydrogen-bond donors (Lipinski definition) is 3. The highest BCUT2D eigenvalue weighted by molar-refractivity contribution is 6.10. The fraction of sp³-hybridized carbons (Fsp3) is 0.0909. The first-order valence-corrected chi connectivity index (χ1v) is 9.14. The van der Waals surface area contributed by atoms with Crippen molar-refractivity contribution in [2.75, 3.05) is 10.6 Å². The molecule has 8 heteroatoms. The monoisotopic (exact) mass is 405 g/mol. The van der Waals surface area contributed by atoms with Gasteiger partial charge in [-0.25, -0.2) is 9.38 Å². The average molecular weight is 405 g/mol. The number of hydrogen-bond acceptors (Lipinski definition) is 4. The van der Waals surface area contributed by atoms with Gasteiger partial charge in [-0.2, -0.15) is 0 Å². The van der Waals surface area contributed by atoms with E-state index in [2.05, 4.69) is 25.9 Å². The number of pyridine rings is 1. The van der Waals surface area contributed by atoms with E-state index in [-0.39, 0.29) is 17.7 Å². The second-order valence-electron chi connectivity index (χ2n) is 6.37. The molecule has 2 amide bonds. The van der Waals surface area contributed by atoms with Crippen LogP contribution in [0.15, 0.2) is 78.0 Å². The summed E-state index contributed by atoms with van der Waals surface area (Å²) in [4.78, 5) is 32.4. The second kappa shape index (κ2) is 9.92. The number of carbonyl (C=O) groups is 2. The van der Waals surface area contributed by atoms with Crippen LogP contribution in [0.25, 0.3) is 0 Å². The second-order valence-corrected chi connectivity index (χ2v) is 6.37. The summed E-state index contributed by atoms with van der Waals surface area (Å²) in [7, 11) is 0. The van der Waals surface area contributed by atoms with Crippen molar-refractivity contribution in [1.82, 2.24) is 10.3 Å². The predicted molar refractivity (Wildman–Crippen MR) is 114 cm³/mol. The average Bonchev–Trinajstić information content (AvgIpc) is 2.74. The number of halogens is 1. The first-order chi connectivity index (χ1) is 14.5. The summed E-state index contributed by atoms with van der Waals surface area (Å²) in [5.74, 6) is -0.807. The zero-order valence-corrected chi connectivity index (χ0v) is 16.2. The third-order valence-electron chi connectivity index (χ3n) is 3.95. The molecule has 0 atom stereocenters. The number of guanidine groups is 1. The van der Waals surface area contributed by atoms with Crippen molar-refractivity contribution in [3.8, 4) is 0 Å². The molecule has 0 bridgehead atoms. The number of nitrogens with zero attached hydrogens (tertiary/aromatic N) is 2. The Morgan fingerprint density at radius 1 is 0.967 bits per heavy atom. The molecule has 0 aliphatic carbocycles. The zero-order valence-electron chi connectivity index (χ0n) is 16.2. The molecule has 7 nitrogen and oxygen atoms in total. The summed E-state index contributed by atoms with van der Waals surface area (Å²) in [6.45, 7) is 1.70. The van der Waals surface area contributed by atoms with Crippen LogP contribution in [-0.4, -0.2) is 22.8 Å². The molecule has 3 rings (SSSR count). The van der Waals surface area contributed by atoms with Crippen LogP contribution in [-0.2, 0) is 11.3 Å². The van der Waals surface area contributed by atoms with Crippen LogP contribution in [0.3, 0.4) is 0 Å². The highest BCUT2D eigenvalue weighted by atomic mass is 19.1. The number of carbonyl (C=O) groups excluding carboxylic acids is 2. The molecule has 3 aromatic rings. The Balaban J connectivity index is 1.79. The maximum absolute atomic E-state index is 13.2. The molecule has 0 aliphatic heterocycles. The number of benzene rings is 2. The molecule has 0 unspecified atom stereocenters. The minimum absolute atomic E-state index is 0.202. The van der Waals surface area contributed by atoms with Crippen LogP contribution in [0.1, 0.15) is 22.8 Å². The maximum Gasteiger partial charge on any atom is 0.258 e. The van der Waals surface area contributed by atoms with E-state index in [1.807, 2.05) is 12.1 Å². The third-order valence-corrected chi connectivity index (χ3v) is 3.95. The van der Waals surface area contributed by atoms with E-state index in [4.69, 9.17) is 0 Å². The fourth-order valence-corrected chi connectivity index (χ4v) is 2.56. The summed E-state index contributed by atoms with van der Waals surface area (Å²) >= 11 is 0. The van der Waals surface area contributed by atoms with Crippen molar-refractivity contribution in [2.45, 2.75) is 13.5 Å². The van der Waals surface area contributed by atoms with Crippen LogP contribution in [0, 0.1) is 5.82 Å². The molecule has 2 aromatic carbocycles. The minimum atomic E-state index is -0.412. The highest BCUT2D eigenvalue weighted by Crippen LogP contribution is 2.12. The van der Waals surface area contributed by atoms with E-state index in [1.165, 1.54) is 19.1 Å². The molecule has 0 fully saturated rings. The van der Waals surface area contributed by atoms with Crippen LogP contribution < -0.4 is 16.0 Å². The number of amides is 2. The van der Waals surface area contributed by atoms with E-state index < -0.39 is 5.91 Å². The summed E-state index contributed by atoms with van der Waals surface area (Å²) < 4.78 is 13.2. The molecular weight excluding hydrogens is 385 g/mol. The van der Waals surface area contributed by atoms with Crippen molar-refractivity contribution in [2.24, 2.45) is 4.99 Å². The Morgan fingerprint density at radius 3 is 2.40 bits per heavy atom. The Labute approximate surface area is 173 Å². The SMILES string of the molecule is CC(=O)Nc1cccc(C(=O)NC(=NCc2ccncc2)Nc2ccc(F)cc2)c1. The van der Waals surface area contributed by atoms with E-state index in [9.17, 15) is 14.0 Å². The Kier molecular flexibility index (Phi) is 6.83. The smallest absolute Gasteiger partial charge is 0.258 e. The van der Waals surface area contributed by atoms with E-state index in [0.717, 1.165) is 5.56 Å². The summed E-state index contributed by atoms with van der Waals surface area (Å²) in [6.07, 6.45) is 3.31. The Hall–Kier alpha value is -4.07. The van der Waals surface area contributed by atoms with Gasteiger partial charge in [0.05, 0.1) is 6.54 Å². The van der Waals surface area contributed by atoms with Crippen molar-refractivity contribution in [3.63, 3.8) is 0 Å². The molecule has 1 heterocycles. The van der Waals surface area contributed by atoms with Crippen molar-refractivity contribution in [1.29, 1.82) is 0 Å². The molecule has 30 heavy (non-hydrogen) atoms. The van der Waals surface area contributed by atoms with E-state index in [1.54, 1.807) is 48.8 Å². The number of anilines is 2. The molecule has 3 N–H and O–H groups in total. The van der Waals surface area contributed by atoms with Crippen LogP contribution in [0.2, 0.25) is 0 Å². The molecule has 0 saturated carbocycles. The largest absolute Gasteiger partial charge is 0.326 e. The van der Waals surface area contributed by atoms with Gasteiger partial charge in [-0.1, -0.05) is 6.07 Å². The summed E-state index contributed by atoms with van der Waals surface area (Å²) in [5, 5.41) is 8.35. The van der Waals surface area contributed by atoms with Gasteiger partial charge in [0.15, 0.2) is 0 Å². The number of aliphatic imine (C=N–C) groups is 1. The van der Waals surface area contributed by atoms with Gasteiger partial charge in [0.2, 0.25) is 11.9 Å². The fourth-order valence-electron chi connectivity index (χ4n) is 2.56. The quantitative estimate of drug-likeness (QED) is 0.447. The van der Waals surface area contributed by atoms with Crippen molar-refractivity contribution >= 4 is 29.1 Å². The van der Waals surface area contributed by atoms with Gasteiger partial charge in [0, 0.05) is 36.3 Å². The van der Waals surface area contributed by atoms with Gasteiger partial charge in [-0.3, -0.25) is 19.9 Å². The lowest BCUT2D eigenvalue weighted by Crippen LogP contribution is -2.36. The van der Waals surface area contributed by atoms with Gasteiger partial charge in [-0.05, 0) is 60.2 Å². The van der Waals surface area contributed by atoms with Crippen molar-refractivity contribution in [3.05, 3.63) is 90.0 Å². The molecule has 152 valence electrons. The standard InChI is InChI=1S/C22H20FN5O2/c1-15(29)26-20-4-2-3-17(13-20)21(30)28-22(25-14-16-9-11-24-12-10-16)27-19-7-5-18(23)6-8-19/h2-13H,14H2,1H3,(H,26,29)(H2,25,27,28,30). The molecule has 1 aromatic heterocycles. The van der Waals surface area contributed by atoms with Crippen molar-refractivity contribution < 1.29 is 14.0 Å². The van der Waals surface area contributed by atoms with Crippen LogP contribution in [0.4, 0.5) is 15.8 Å². The lowest BCUT2D eigenvalue weighted by atomic mass is 10.2. The van der Waals surface area contributed by atoms with Gasteiger partial charge in [0.1, 0.15) is 5.82 Å². The topological polar surface area (TPSA) is 95.5 Å². The minimum Gasteiger partial charge on any atom is -0.326 e. The van der Waals surface area contributed by atoms with Crippen LogP contribution >= 0.6 is 0 Å². The number of aromatic nitrogens is 1. The number of nitrogens with one attached hydrogen (secondary N) is 3. The molecule has 0 saturated heterocycles. The summed E-state index contributed by atoms with van der Waals surface area (Å²) in [5.41, 5.74) is 2.33. The summed E-state index contributed by atoms with van der Waals surface area (Å²) in [6, 6.07) is 15.9. The molecule has 0 aliphatic rings. The van der Waals surface area contributed by atoms with Gasteiger partial charge < -0.3 is 10.6 Å². The Bertz CT molecular complexity index is 1050. The van der Waals surface area contributed by atoms with Gasteiger partial charge >= 0.3 is 0 Å². The highest BCUT2D eigenvalue weighted by Gasteiger charge is 2.11. The van der Waals surface area contributed by atoms with E-state index in [0.29, 0.717) is 23.5 Å². The first-order valence-electron chi connectivity index (χ1n) is 9.14. The van der Waals surface area contributed by atoms with Gasteiger partial charge in [-0.15, -0.1) is 0 Å². The van der Waals surface area contributed by atoms with Crippen LogP contribution in [0.5, 0.6) is 0 Å². The maximum atomic E-state index is 13.2. The predicted octanol–water partition coefficient (Wildman–Crippen LogP) is 3.58. The molecular formula is C22H20FN5O2. The zero-order chi connectivity index (χ0) is 21.3. The lowest BCUT2D eigenvalue weighted by Gasteiger charge is -2.12. The first kappa shape index (κ1) is 20.7. The van der Waals surface area contributed by atoms with Gasteiger partial charge in [0.25, 0.3) is 5.91 Å². The Morgan fingerprint density at radius 2 is 1.70 bits per heavy atom. The normalized spacial score (nSPS) is 10.9. The third kappa shape index (κ3) is 6.23. The molecule has 0 spiro atoms. The molecule has 0 radical (unpaired) electrons. The lowest BCUT2D eigenvalue weighted by molar-refractivity contribution is -0.114.